The van der Waals surface area contributed by atoms with Gasteiger partial charge in [0.2, 0.25) is 0 Å². The number of hydrogen-bond acceptors (Lipinski definition) is 1. The predicted molar refractivity (Wildman–Crippen MR) is 62.9 cm³/mol. The summed E-state index contributed by atoms with van der Waals surface area (Å²) in [5, 5.41) is 0. The first-order valence-electron chi connectivity index (χ1n) is 5.08. The SMILES string of the molecule is C=CC(N)C(C=C)C1=CCCC=C1C. The van der Waals surface area contributed by atoms with Crippen molar-refractivity contribution < 1.29 is 0 Å². The van der Waals surface area contributed by atoms with Gasteiger partial charge in [-0.3, -0.25) is 0 Å². The molecule has 0 saturated heterocycles. The summed E-state index contributed by atoms with van der Waals surface area (Å²) in [4.78, 5) is 0. The van der Waals surface area contributed by atoms with Crippen LogP contribution < -0.4 is 5.73 Å². The fourth-order valence-corrected chi connectivity index (χ4v) is 1.85. The molecule has 1 aliphatic rings. The molecule has 1 aliphatic carbocycles. The molecule has 0 saturated carbocycles. The lowest BCUT2D eigenvalue weighted by atomic mass is 9.84. The molecule has 2 unspecified atom stereocenters. The molecule has 1 rings (SSSR count). The van der Waals surface area contributed by atoms with E-state index in [0.29, 0.717) is 0 Å². The molecule has 0 heterocycles. The molecule has 0 amide bonds. The Morgan fingerprint density at radius 3 is 2.43 bits per heavy atom. The van der Waals surface area contributed by atoms with Crippen LogP contribution in [0.1, 0.15) is 19.8 Å². The van der Waals surface area contributed by atoms with Gasteiger partial charge in [0.15, 0.2) is 0 Å². The van der Waals surface area contributed by atoms with Crippen molar-refractivity contribution in [3.63, 3.8) is 0 Å². The zero-order chi connectivity index (χ0) is 10.6. The van der Waals surface area contributed by atoms with Gasteiger partial charge in [0.1, 0.15) is 0 Å². The Kier molecular flexibility index (Phi) is 3.90. The molecule has 0 aromatic heterocycles. The van der Waals surface area contributed by atoms with Crippen LogP contribution in [0.2, 0.25) is 0 Å². The van der Waals surface area contributed by atoms with Gasteiger partial charge >= 0.3 is 0 Å². The highest BCUT2D eigenvalue weighted by Crippen LogP contribution is 2.27. The lowest BCUT2D eigenvalue weighted by Gasteiger charge is -2.24. The van der Waals surface area contributed by atoms with E-state index in [-0.39, 0.29) is 12.0 Å². The third-order valence-electron chi connectivity index (χ3n) is 2.74. The van der Waals surface area contributed by atoms with Crippen LogP contribution in [0.25, 0.3) is 0 Å². The lowest BCUT2D eigenvalue weighted by molar-refractivity contribution is 0.656. The smallest absolute Gasteiger partial charge is 0.0326 e. The largest absolute Gasteiger partial charge is 0.324 e. The molecule has 0 radical (unpaired) electrons. The van der Waals surface area contributed by atoms with Crippen LogP contribution in [-0.4, -0.2) is 6.04 Å². The Labute approximate surface area is 86.7 Å². The van der Waals surface area contributed by atoms with Crippen molar-refractivity contribution >= 4 is 0 Å². The van der Waals surface area contributed by atoms with E-state index in [0.717, 1.165) is 12.8 Å². The number of hydrogen-bond donors (Lipinski definition) is 1. The minimum absolute atomic E-state index is 0.0276. The molecule has 0 fully saturated rings. The van der Waals surface area contributed by atoms with E-state index in [1.807, 2.05) is 6.08 Å². The van der Waals surface area contributed by atoms with E-state index in [1.54, 1.807) is 6.08 Å². The molecule has 0 bridgehead atoms. The van der Waals surface area contributed by atoms with Crippen molar-refractivity contribution in [2.45, 2.75) is 25.8 Å². The molecule has 2 N–H and O–H groups in total. The molecule has 14 heavy (non-hydrogen) atoms. The van der Waals surface area contributed by atoms with Gasteiger partial charge in [-0.15, -0.1) is 13.2 Å². The zero-order valence-electron chi connectivity index (χ0n) is 8.87. The summed E-state index contributed by atoms with van der Waals surface area (Å²) in [5.74, 6) is 0.212. The maximum Gasteiger partial charge on any atom is 0.0326 e. The van der Waals surface area contributed by atoms with Crippen LogP contribution in [0.3, 0.4) is 0 Å². The van der Waals surface area contributed by atoms with Gasteiger partial charge < -0.3 is 5.73 Å². The highest BCUT2D eigenvalue weighted by Gasteiger charge is 2.18. The van der Waals surface area contributed by atoms with Crippen molar-refractivity contribution in [3.8, 4) is 0 Å². The summed E-state index contributed by atoms with van der Waals surface area (Å²) in [6.07, 6.45) is 10.5. The first kappa shape index (κ1) is 11.0. The standard InChI is InChI=1S/C13H19N/c1-4-11(13(14)5-2)12-9-7-6-8-10(12)3/h4-5,8-9,11,13H,1-2,6-7,14H2,3H3. The number of rotatable bonds is 4. The molecular weight excluding hydrogens is 170 g/mol. The second-order valence-corrected chi connectivity index (χ2v) is 3.70. The quantitative estimate of drug-likeness (QED) is 0.676. The monoisotopic (exact) mass is 189 g/mol. The zero-order valence-corrected chi connectivity index (χ0v) is 8.87. The summed E-state index contributed by atoms with van der Waals surface area (Å²) < 4.78 is 0. The van der Waals surface area contributed by atoms with Crippen molar-refractivity contribution in [3.05, 3.63) is 48.6 Å². The summed E-state index contributed by atoms with van der Waals surface area (Å²) in [6.45, 7) is 9.71. The van der Waals surface area contributed by atoms with Crippen molar-refractivity contribution in [2.24, 2.45) is 11.7 Å². The van der Waals surface area contributed by atoms with Gasteiger partial charge in [-0.25, -0.2) is 0 Å². The van der Waals surface area contributed by atoms with E-state index < -0.39 is 0 Å². The Hall–Kier alpha value is -1.08. The summed E-state index contributed by atoms with van der Waals surface area (Å²) in [5.41, 5.74) is 8.61. The van der Waals surface area contributed by atoms with Crippen LogP contribution in [0, 0.1) is 5.92 Å². The fraction of sp³-hybridized carbons (Fsp3) is 0.385. The van der Waals surface area contributed by atoms with E-state index in [1.165, 1.54) is 11.1 Å². The van der Waals surface area contributed by atoms with Gasteiger partial charge in [-0.1, -0.05) is 29.9 Å². The highest BCUT2D eigenvalue weighted by molar-refractivity contribution is 5.37. The average Bonchev–Trinajstić information content (AvgIpc) is 2.21. The molecule has 0 aromatic rings. The van der Waals surface area contributed by atoms with Crippen LogP contribution in [0.15, 0.2) is 48.6 Å². The topological polar surface area (TPSA) is 26.0 Å². The summed E-state index contributed by atoms with van der Waals surface area (Å²) >= 11 is 0. The molecule has 1 heteroatoms. The molecule has 1 nitrogen and oxygen atoms in total. The Bertz CT molecular complexity index is 284. The Balaban J connectivity index is 2.89. The molecule has 2 atom stereocenters. The van der Waals surface area contributed by atoms with Gasteiger partial charge in [-0.05, 0) is 25.3 Å². The molecule has 0 aliphatic heterocycles. The van der Waals surface area contributed by atoms with Crippen LogP contribution in [0.5, 0.6) is 0 Å². The predicted octanol–water partition coefficient (Wildman–Crippen LogP) is 2.97. The van der Waals surface area contributed by atoms with E-state index in [4.69, 9.17) is 5.73 Å². The minimum Gasteiger partial charge on any atom is -0.324 e. The third-order valence-corrected chi connectivity index (χ3v) is 2.74. The van der Waals surface area contributed by atoms with Gasteiger partial charge in [0.25, 0.3) is 0 Å². The van der Waals surface area contributed by atoms with E-state index in [9.17, 15) is 0 Å². The molecule has 0 spiro atoms. The van der Waals surface area contributed by atoms with Crippen molar-refractivity contribution in [1.29, 1.82) is 0 Å². The van der Waals surface area contributed by atoms with E-state index >= 15 is 0 Å². The molecule has 0 aromatic carbocycles. The average molecular weight is 189 g/mol. The first-order chi connectivity index (χ1) is 6.70. The van der Waals surface area contributed by atoms with Crippen molar-refractivity contribution in [2.75, 3.05) is 0 Å². The third kappa shape index (κ3) is 2.24. The van der Waals surface area contributed by atoms with Crippen LogP contribution in [-0.2, 0) is 0 Å². The minimum atomic E-state index is -0.0276. The van der Waals surface area contributed by atoms with Gasteiger partial charge in [-0.2, -0.15) is 0 Å². The summed E-state index contributed by atoms with van der Waals surface area (Å²) in [6, 6.07) is -0.0276. The highest BCUT2D eigenvalue weighted by atomic mass is 14.6. The maximum atomic E-state index is 5.96. The Morgan fingerprint density at radius 1 is 1.29 bits per heavy atom. The first-order valence-corrected chi connectivity index (χ1v) is 5.08. The maximum absolute atomic E-state index is 5.96. The molecule has 76 valence electrons. The van der Waals surface area contributed by atoms with Gasteiger partial charge in [0, 0.05) is 12.0 Å². The van der Waals surface area contributed by atoms with Crippen LogP contribution >= 0.6 is 0 Å². The second kappa shape index (κ2) is 4.97. The van der Waals surface area contributed by atoms with E-state index in [2.05, 4.69) is 32.2 Å². The Morgan fingerprint density at radius 2 is 1.93 bits per heavy atom. The van der Waals surface area contributed by atoms with Crippen molar-refractivity contribution in [1.82, 2.24) is 0 Å². The second-order valence-electron chi connectivity index (χ2n) is 3.70. The van der Waals surface area contributed by atoms with Gasteiger partial charge in [0.05, 0.1) is 0 Å². The lowest BCUT2D eigenvalue weighted by Crippen LogP contribution is -2.28. The normalized spacial score (nSPS) is 20.4. The summed E-state index contributed by atoms with van der Waals surface area (Å²) in [7, 11) is 0. The van der Waals surface area contributed by atoms with Crippen LogP contribution in [0.4, 0.5) is 0 Å². The number of nitrogens with two attached hydrogens (primary N) is 1. The fourth-order valence-electron chi connectivity index (χ4n) is 1.85. The molecular formula is C13H19N. The number of allylic oxidation sites excluding steroid dienone is 3.